The Balaban J connectivity index is 2.40. The van der Waals surface area contributed by atoms with E-state index in [1.54, 1.807) is 6.20 Å². The number of aromatic nitrogens is 4. The number of benzene rings is 1. The van der Waals surface area contributed by atoms with Crippen molar-refractivity contribution in [2.24, 2.45) is 0 Å². The maximum Gasteiger partial charge on any atom is 0.168 e. The molecule has 3 aromatic rings. The van der Waals surface area contributed by atoms with Crippen molar-refractivity contribution >= 4 is 11.2 Å². The summed E-state index contributed by atoms with van der Waals surface area (Å²) in [5.74, 6) is 1.70. The molecule has 4 heteroatoms. The van der Waals surface area contributed by atoms with E-state index in [1.807, 2.05) is 13.8 Å². The third kappa shape index (κ3) is 1.88. The van der Waals surface area contributed by atoms with E-state index < -0.39 is 0 Å². The molecule has 0 saturated heterocycles. The Bertz CT molecular complexity index is 792. The first-order valence-corrected chi connectivity index (χ1v) is 6.74. The van der Waals surface area contributed by atoms with Crippen LogP contribution in [-0.2, 0) is 0 Å². The van der Waals surface area contributed by atoms with Crippen LogP contribution in [0.1, 0.15) is 28.3 Å². The van der Waals surface area contributed by atoms with Crippen LogP contribution in [0.15, 0.2) is 18.3 Å². The van der Waals surface area contributed by atoms with Crippen molar-refractivity contribution in [1.29, 1.82) is 0 Å². The van der Waals surface area contributed by atoms with E-state index in [0.29, 0.717) is 0 Å². The largest absolute Gasteiger partial charge is 0.280 e. The Morgan fingerprint density at radius 3 is 2.20 bits per heavy atom. The second-order valence-electron chi connectivity index (χ2n) is 5.37. The fraction of sp³-hybridized carbons (Fsp3) is 0.312. The molecule has 0 fully saturated rings. The normalized spacial score (nSPS) is 11.2. The molecule has 3 rings (SSSR count). The van der Waals surface area contributed by atoms with Gasteiger partial charge < -0.3 is 0 Å². The van der Waals surface area contributed by atoms with E-state index in [1.165, 1.54) is 22.4 Å². The highest BCUT2D eigenvalue weighted by atomic mass is 15.1. The van der Waals surface area contributed by atoms with Gasteiger partial charge >= 0.3 is 0 Å². The van der Waals surface area contributed by atoms with Gasteiger partial charge in [0.2, 0.25) is 0 Å². The molecule has 0 saturated carbocycles. The second-order valence-corrected chi connectivity index (χ2v) is 5.37. The minimum atomic E-state index is 0.765. The first kappa shape index (κ1) is 12.8. The van der Waals surface area contributed by atoms with Crippen molar-refractivity contribution in [3.05, 3.63) is 46.7 Å². The molecule has 0 atom stereocenters. The zero-order chi connectivity index (χ0) is 14.4. The summed E-state index contributed by atoms with van der Waals surface area (Å²) in [5, 5.41) is 0. The molecule has 0 aliphatic heterocycles. The van der Waals surface area contributed by atoms with E-state index in [0.717, 1.165) is 22.8 Å². The third-order valence-corrected chi connectivity index (χ3v) is 3.55. The molecule has 0 radical (unpaired) electrons. The molecule has 2 heterocycles. The highest BCUT2D eigenvalue weighted by Gasteiger charge is 2.15. The Kier molecular flexibility index (Phi) is 2.82. The Hall–Kier alpha value is -2.23. The molecular weight excluding hydrogens is 248 g/mol. The third-order valence-electron chi connectivity index (χ3n) is 3.55. The van der Waals surface area contributed by atoms with Crippen LogP contribution in [0, 0.1) is 34.6 Å². The SMILES string of the molecule is Cc1cc(C)c(-n2c(C)nc3cnc(C)nc32)c(C)c1. The number of hydrogen-bond donors (Lipinski definition) is 0. The Morgan fingerprint density at radius 1 is 0.900 bits per heavy atom. The van der Waals surface area contributed by atoms with Gasteiger partial charge in [-0.15, -0.1) is 0 Å². The predicted molar refractivity (Wildman–Crippen MR) is 80.3 cm³/mol. The summed E-state index contributed by atoms with van der Waals surface area (Å²) in [4.78, 5) is 13.4. The lowest BCUT2D eigenvalue weighted by molar-refractivity contribution is 0.954. The van der Waals surface area contributed by atoms with E-state index in [9.17, 15) is 0 Å². The van der Waals surface area contributed by atoms with Crippen LogP contribution >= 0.6 is 0 Å². The highest BCUT2D eigenvalue weighted by Crippen LogP contribution is 2.26. The van der Waals surface area contributed by atoms with E-state index in [4.69, 9.17) is 0 Å². The summed E-state index contributed by atoms with van der Waals surface area (Å²) >= 11 is 0. The average molecular weight is 266 g/mol. The van der Waals surface area contributed by atoms with Crippen LogP contribution in [0.4, 0.5) is 0 Å². The molecular formula is C16H18N4. The molecule has 0 unspecified atom stereocenters. The molecule has 0 aliphatic carbocycles. The van der Waals surface area contributed by atoms with Gasteiger partial charge in [0, 0.05) is 0 Å². The number of imidazole rings is 1. The summed E-state index contributed by atoms with van der Waals surface area (Å²) < 4.78 is 2.13. The summed E-state index contributed by atoms with van der Waals surface area (Å²) in [6.45, 7) is 10.3. The monoisotopic (exact) mass is 266 g/mol. The fourth-order valence-electron chi connectivity index (χ4n) is 2.87. The van der Waals surface area contributed by atoms with Gasteiger partial charge in [-0.1, -0.05) is 17.7 Å². The maximum absolute atomic E-state index is 4.57. The van der Waals surface area contributed by atoms with E-state index in [-0.39, 0.29) is 0 Å². The molecule has 20 heavy (non-hydrogen) atoms. The summed E-state index contributed by atoms with van der Waals surface area (Å²) in [5.41, 5.74) is 6.64. The molecule has 4 nitrogen and oxygen atoms in total. The van der Waals surface area contributed by atoms with Gasteiger partial charge in [-0.25, -0.2) is 15.0 Å². The summed E-state index contributed by atoms with van der Waals surface area (Å²) in [6.07, 6.45) is 1.79. The van der Waals surface area contributed by atoms with Crippen LogP contribution < -0.4 is 0 Å². The van der Waals surface area contributed by atoms with Gasteiger partial charge in [0.15, 0.2) is 5.65 Å². The van der Waals surface area contributed by atoms with Crippen molar-refractivity contribution in [3.63, 3.8) is 0 Å². The first-order valence-electron chi connectivity index (χ1n) is 6.74. The fourth-order valence-corrected chi connectivity index (χ4v) is 2.87. The average Bonchev–Trinajstić information content (AvgIpc) is 2.65. The smallest absolute Gasteiger partial charge is 0.168 e. The Labute approximate surface area is 118 Å². The highest BCUT2D eigenvalue weighted by molar-refractivity contribution is 5.74. The molecule has 2 aromatic heterocycles. The standard InChI is InChI=1S/C16H18N4/c1-9-6-10(2)15(11(3)7-9)20-13(5)19-14-8-17-12(4)18-16(14)20/h6-8H,1-5H3. The quantitative estimate of drug-likeness (QED) is 0.678. The van der Waals surface area contributed by atoms with Gasteiger partial charge in [0.1, 0.15) is 17.2 Å². The Morgan fingerprint density at radius 2 is 1.55 bits per heavy atom. The number of aryl methyl sites for hydroxylation is 5. The predicted octanol–water partition coefficient (Wildman–Crippen LogP) is 3.36. The zero-order valence-corrected chi connectivity index (χ0v) is 12.5. The summed E-state index contributed by atoms with van der Waals surface area (Å²) in [6, 6.07) is 4.39. The number of hydrogen-bond acceptors (Lipinski definition) is 3. The molecule has 0 aliphatic rings. The second kappa shape index (κ2) is 4.40. The molecule has 0 N–H and O–H groups in total. The number of nitrogens with zero attached hydrogens (tertiary/aromatic N) is 4. The van der Waals surface area contributed by atoms with E-state index >= 15 is 0 Å². The van der Waals surface area contributed by atoms with Crippen LogP contribution in [0.2, 0.25) is 0 Å². The maximum atomic E-state index is 4.57. The van der Waals surface area contributed by atoms with Crippen LogP contribution in [-0.4, -0.2) is 19.5 Å². The lowest BCUT2D eigenvalue weighted by Crippen LogP contribution is -2.04. The van der Waals surface area contributed by atoms with Crippen LogP contribution in [0.25, 0.3) is 16.9 Å². The van der Waals surface area contributed by atoms with Gasteiger partial charge in [-0.3, -0.25) is 4.57 Å². The number of fused-ring (bicyclic) bond motifs is 1. The van der Waals surface area contributed by atoms with Crippen LogP contribution in [0.3, 0.4) is 0 Å². The molecule has 0 spiro atoms. The summed E-state index contributed by atoms with van der Waals surface area (Å²) in [7, 11) is 0. The van der Waals surface area contributed by atoms with Crippen molar-refractivity contribution in [3.8, 4) is 5.69 Å². The molecule has 0 amide bonds. The molecule has 0 bridgehead atoms. The topological polar surface area (TPSA) is 43.6 Å². The van der Waals surface area contributed by atoms with Gasteiger partial charge in [-0.05, 0) is 45.7 Å². The minimum absolute atomic E-state index is 0.765. The molecule has 102 valence electrons. The van der Waals surface area contributed by atoms with Crippen molar-refractivity contribution in [1.82, 2.24) is 19.5 Å². The van der Waals surface area contributed by atoms with Gasteiger partial charge in [-0.2, -0.15) is 0 Å². The van der Waals surface area contributed by atoms with Gasteiger partial charge in [0.25, 0.3) is 0 Å². The first-order chi connectivity index (χ1) is 9.47. The number of rotatable bonds is 1. The lowest BCUT2D eigenvalue weighted by atomic mass is 10.0. The van der Waals surface area contributed by atoms with Crippen molar-refractivity contribution < 1.29 is 0 Å². The zero-order valence-electron chi connectivity index (χ0n) is 12.5. The van der Waals surface area contributed by atoms with Crippen molar-refractivity contribution in [2.75, 3.05) is 0 Å². The lowest BCUT2D eigenvalue weighted by Gasteiger charge is -2.14. The van der Waals surface area contributed by atoms with Gasteiger partial charge in [0.05, 0.1) is 11.9 Å². The van der Waals surface area contributed by atoms with Crippen LogP contribution in [0.5, 0.6) is 0 Å². The van der Waals surface area contributed by atoms with Crippen molar-refractivity contribution in [2.45, 2.75) is 34.6 Å². The van der Waals surface area contributed by atoms with E-state index in [2.05, 4.69) is 52.4 Å². The molecule has 1 aromatic carbocycles. The minimum Gasteiger partial charge on any atom is -0.280 e.